The zero-order chi connectivity index (χ0) is 9.28. The van der Waals surface area contributed by atoms with E-state index in [1.165, 1.54) is 0 Å². The van der Waals surface area contributed by atoms with Crippen molar-refractivity contribution in [3.05, 3.63) is 0 Å². The largest absolute Gasteiger partial charge is 1.00 e. The summed E-state index contributed by atoms with van der Waals surface area (Å²) in [5.74, 6) is 0. The maximum atomic E-state index is 11.5. The van der Waals surface area contributed by atoms with E-state index in [2.05, 4.69) is 0 Å². The van der Waals surface area contributed by atoms with Gasteiger partial charge in [-0.2, -0.15) is 26.3 Å². The van der Waals surface area contributed by atoms with E-state index in [0.717, 1.165) is 4.72 Å². The van der Waals surface area contributed by atoms with Gasteiger partial charge in [0.2, 0.25) is 0 Å². The topological polar surface area (TPSA) is 66.4 Å². The van der Waals surface area contributed by atoms with E-state index in [4.69, 9.17) is 4.55 Å². The Balaban J connectivity index is -0.000000500. The molecule has 1 atom stereocenters. The van der Waals surface area contributed by atoms with Gasteiger partial charge in [-0.1, -0.05) is 0 Å². The molecule has 0 spiro atoms. The maximum Gasteiger partial charge on any atom is 1.00 e. The normalized spacial score (nSPS) is 15.1. The molecular weight excluding hydrogens is 226 g/mol. The first-order valence-corrected chi connectivity index (χ1v) is 3.88. The van der Waals surface area contributed by atoms with E-state index in [1.807, 2.05) is 0 Å². The molecule has 0 saturated carbocycles. The van der Waals surface area contributed by atoms with Crippen molar-refractivity contribution >= 4 is 10.3 Å². The van der Waals surface area contributed by atoms with Crippen LogP contribution in [0.4, 0.5) is 13.2 Å². The van der Waals surface area contributed by atoms with Gasteiger partial charge in [0.15, 0.2) is 0 Å². The van der Waals surface area contributed by atoms with Crippen molar-refractivity contribution in [2.24, 2.45) is 0 Å². The summed E-state index contributed by atoms with van der Waals surface area (Å²) in [5.41, 5.74) is 0. The van der Waals surface area contributed by atoms with Gasteiger partial charge in [-0.25, -0.2) is 0 Å². The van der Waals surface area contributed by atoms with Crippen molar-refractivity contribution in [2.45, 2.75) is 19.1 Å². The van der Waals surface area contributed by atoms with Crippen LogP contribution in [0, 0.1) is 0 Å². The Labute approximate surface area is 112 Å². The van der Waals surface area contributed by atoms with Gasteiger partial charge in [0.1, 0.15) is 6.04 Å². The molecule has 0 bridgehead atoms. The van der Waals surface area contributed by atoms with Crippen LogP contribution in [0.5, 0.6) is 0 Å². The molecule has 0 amide bonds. The van der Waals surface area contributed by atoms with Gasteiger partial charge in [-0.15, -0.1) is 0 Å². The summed E-state index contributed by atoms with van der Waals surface area (Å²) in [6.45, 7) is 0.577. The minimum Gasteiger partial charge on any atom is -1.00 e. The first-order valence-electron chi connectivity index (χ1n) is 2.44. The molecule has 4 nitrogen and oxygen atoms in total. The first kappa shape index (κ1) is 15.8. The van der Waals surface area contributed by atoms with E-state index in [0.29, 0.717) is 6.92 Å². The van der Waals surface area contributed by atoms with Crippen molar-refractivity contribution in [1.82, 2.24) is 4.72 Å². The molecule has 12 heavy (non-hydrogen) atoms. The summed E-state index contributed by atoms with van der Waals surface area (Å²) in [5, 5.41) is 0. The van der Waals surface area contributed by atoms with Crippen molar-refractivity contribution in [2.75, 3.05) is 0 Å². The molecule has 0 aliphatic heterocycles. The van der Waals surface area contributed by atoms with E-state index < -0.39 is 22.5 Å². The summed E-state index contributed by atoms with van der Waals surface area (Å²) < 4.78 is 63.2. The Kier molecular flexibility index (Phi) is 6.89. The SMILES string of the molecule is CC(NS(=O)(=O)O)C(F)(F)F.[H-].[K+]. The number of hydrogen-bond acceptors (Lipinski definition) is 2. The molecule has 0 aromatic heterocycles. The van der Waals surface area contributed by atoms with Crippen LogP contribution in [0.15, 0.2) is 0 Å². The van der Waals surface area contributed by atoms with Gasteiger partial charge < -0.3 is 1.43 Å². The molecule has 0 aliphatic rings. The molecule has 0 radical (unpaired) electrons. The van der Waals surface area contributed by atoms with Crippen LogP contribution in [0.3, 0.4) is 0 Å². The molecule has 0 aromatic carbocycles. The van der Waals surface area contributed by atoms with Crippen molar-refractivity contribution in [1.29, 1.82) is 0 Å². The minimum absolute atomic E-state index is 0. The maximum absolute atomic E-state index is 11.5. The Morgan fingerprint density at radius 2 is 1.83 bits per heavy atom. The molecule has 0 aliphatic carbocycles. The predicted molar refractivity (Wildman–Crippen MR) is 31.3 cm³/mol. The van der Waals surface area contributed by atoms with Crippen LogP contribution in [0.25, 0.3) is 0 Å². The number of hydrogen-bond donors (Lipinski definition) is 2. The van der Waals surface area contributed by atoms with Crippen LogP contribution >= 0.6 is 0 Å². The Bertz CT molecular complexity index is 231. The van der Waals surface area contributed by atoms with Crippen molar-refractivity contribution in [3.8, 4) is 0 Å². The molecule has 0 rings (SSSR count). The summed E-state index contributed by atoms with van der Waals surface area (Å²) in [7, 11) is -4.78. The third kappa shape index (κ3) is 7.92. The first-order chi connectivity index (χ1) is 4.63. The second-order valence-corrected chi connectivity index (χ2v) is 3.04. The van der Waals surface area contributed by atoms with Crippen LogP contribution < -0.4 is 56.1 Å². The predicted octanol–water partition coefficient (Wildman–Crippen LogP) is -2.55. The molecule has 0 saturated heterocycles. The Hall–Kier alpha value is 1.30. The average molecular weight is 233 g/mol. The third-order valence-corrected chi connectivity index (χ3v) is 1.47. The van der Waals surface area contributed by atoms with Crippen LogP contribution in [0.1, 0.15) is 8.35 Å². The fraction of sp³-hybridized carbons (Fsp3) is 1.00. The molecule has 70 valence electrons. The zero-order valence-corrected chi connectivity index (χ0v) is 10.3. The van der Waals surface area contributed by atoms with Crippen LogP contribution in [-0.4, -0.2) is 25.2 Å². The van der Waals surface area contributed by atoms with Gasteiger partial charge in [-0.3, -0.25) is 4.55 Å². The van der Waals surface area contributed by atoms with Crippen molar-refractivity contribution < 1.29 is 79.0 Å². The molecule has 0 aromatic rings. The van der Waals surface area contributed by atoms with Gasteiger partial charge in [0, 0.05) is 0 Å². The zero-order valence-electron chi connectivity index (χ0n) is 7.38. The van der Waals surface area contributed by atoms with Crippen LogP contribution in [-0.2, 0) is 10.3 Å². The van der Waals surface area contributed by atoms with Gasteiger partial charge in [0.25, 0.3) is 0 Å². The summed E-state index contributed by atoms with van der Waals surface area (Å²) >= 11 is 0. The van der Waals surface area contributed by atoms with Crippen molar-refractivity contribution in [3.63, 3.8) is 0 Å². The second kappa shape index (κ2) is 5.24. The van der Waals surface area contributed by atoms with Gasteiger partial charge in [-0.05, 0) is 6.92 Å². The third-order valence-electron chi connectivity index (χ3n) is 0.817. The Morgan fingerprint density at radius 3 is 1.92 bits per heavy atom. The van der Waals surface area contributed by atoms with Gasteiger partial charge in [0.05, 0.1) is 0 Å². The van der Waals surface area contributed by atoms with Crippen LogP contribution in [0.2, 0.25) is 0 Å². The average Bonchev–Trinajstić information content (AvgIpc) is 1.56. The minimum atomic E-state index is -4.78. The molecule has 1 unspecified atom stereocenters. The van der Waals surface area contributed by atoms with Gasteiger partial charge >= 0.3 is 67.9 Å². The molecular formula is C3H7F3KNO3S. The second-order valence-electron chi connectivity index (χ2n) is 1.86. The number of nitrogens with one attached hydrogen (secondary N) is 1. The van der Waals surface area contributed by atoms with E-state index in [1.54, 1.807) is 0 Å². The summed E-state index contributed by atoms with van der Waals surface area (Å²) in [6.07, 6.45) is -4.68. The number of alkyl halides is 3. The van der Waals surface area contributed by atoms with E-state index in [9.17, 15) is 21.6 Å². The quantitative estimate of drug-likeness (QED) is 0.407. The summed E-state index contributed by atoms with van der Waals surface area (Å²) in [6, 6.07) is -2.28. The smallest absolute Gasteiger partial charge is 1.00 e. The van der Waals surface area contributed by atoms with E-state index in [-0.39, 0.29) is 52.8 Å². The molecule has 9 heteroatoms. The summed E-state index contributed by atoms with van der Waals surface area (Å²) in [4.78, 5) is 0. The number of rotatable bonds is 2. The molecule has 0 heterocycles. The van der Waals surface area contributed by atoms with E-state index >= 15 is 0 Å². The Morgan fingerprint density at radius 1 is 1.50 bits per heavy atom. The molecule has 0 fully saturated rings. The molecule has 2 N–H and O–H groups in total. The standard InChI is InChI=1S/C3H6F3NO3S.K.H/c1-2(3(4,5)6)7-11(8,9)10;;/h2,7H,1H3,(H,8,9,10);;/q;+1;-1. The fourth-order valence-electron chi connectivity index (χ4n) is 0.290. The monoisotopic (exact) mass is 233 g/mol. The number of halogens is 3. The fourth-order valence-corrected chi connectivity index (χ4v) is 0.871.